The molecule has 3 heteroatoms. The highest BCUT2D eigenvalue weighted by atomic mass is 79.9. The summed E-state index contributed by atoms with van der Waals surface area (Å²) in [7, 11) is 0. The van der Waals surface area contributed by atoms with E-state index in [2.05, 4.69) is 52.7 Å². The quantitative estimate of drug-likeness (QED) is 0.856. The topological polar surface area (TPSA) is 30.9 Å². The van der Waals surface area contributed by atoms with Crippen molar-refractivity contribution in [3.8, 4) is 0 Å². The number of halogens is 1. The Morgan fingerprint density at radius 3 is 2.82 bits per heavy atom. The minimum Gasteiger partial charge on any atom is -0.347 e. The Morgan fingerprint density at radius 2 is 2.12 bits per heavy atom. The van der Waals surface area contributed by atoms with E-state index in [9.17, 15) is 0 Å². The number of aromatic nitrogens is 1. The highest BCUT2D eigenvalue weighted by Gasteiger charge is 2.23. The minimum atomic E-state index is -0.286. The predicted molar refractivity (Wildman–Crippen MR) is 75.2 cm³/mol. The smallest absolute Gasteiger partial charge is 0.0517 e. The molecule has 0 bridgehead atoms. The van der Waals surface area contributed by atoms with Crippen molar-refractivity contribution < 1.29 is 0 Å². The Kier molecular flexibility index (Phi) is 2.39. The van der Waals surface area contributed by atoms with Crippen molar-refractivity contribution in [2.45, 2.75) is 38.8 Å². The molecule has 1 aliphatic heterocycles. The second-order valence-electron chi connectivity index (χ2n) is 5.52. The molecule has 0 saturated carbocycles. The third-order valence-electron chi connectivity index (χ3n) is 3.56. The molecule has 1 aromatic carbocycles. The van der Waals surface area contributed by atoms with Gasteiger partial charge in [-0.3, -0.25) is 0 Å². The predicted octanol–water partition coefficient (Wildman–Crippen LogP) is 3.54. The van der Waals surface area contributed by atoms with Crippen LogP contribution in [0.2, 0.25) is 0 Å². The Balaban J connectivity index is 2.41. The largest absolute Gasteiger partial charge is 0.347 e. The number of benzene rings is 1. The maximum absolute atomic E-state index is 6.28. The summed E-state index contributed by atoms with van der Waals surface area (Å²) in [4.78, 5) is 0. The van der Waals surface area contributed by atoms with Crippen molar-refractivity contribution in [1.82, 2.24) is 4.57 Å². The molecule has 2 nitrogen and oxygen atoms in total. The molecule has 0 atom stereocenters. The summed E-state index contributed by atoms with van der Waals surface area (Å²) in [6, 6.07) is 4.44. The third-order valence-corrected chi connectivity index (χ3v) is 4.01. The fourth-order valence-electron chi connectivity index (χ4n) is 2.81. The average Bonchev–Trinajstić information content (AvgIpc) is 2.58. The zero-order chi connectivity index (χ0) is 12.2. The normalized spacial score (nSPS) is 15.5. The lowest BCUT2D eigenvalue weighted by atomic mass is 9.94. The van der Waals surface area contributed by atoms with Crippen LogP contribution in [0.15, 0.2) is 22.8 Å². The zero-order valence-electron chi connectivity index (χ0n) is 10.3. The Morgan fingerprint density at radius 1 is 1.35 bits per heavy atom. The number of rotatable bonds is 1. The fraction of sp³-hybridized carbons (Fsp3) is 0.429. The second-order valence-corrected chi connectivity index (χ2v) is 6.44. The fourth-order valence-corrected chi connectivity index (χ4v) is 3.32. The Bertz CT molecular complexity index is 590. The first-order valence-electron chi connectivity index (χ1n) is 6.07. The molecule has 2 N–H and O–H groups in total. The van der Waals surface area contributed by atoms with Crippen molar-refractivity contribution in [3.63, 3.8) is 0 Å². The van der Waals surface area contributed by atoms with Crippen LogP contribution in [0, 0.1) is 0 Å². The molecule has 0 unspecified atom stereocenters. The van der Waals surface area contributed by atoms with E-state index in [1.807, 2.05) is 0 Å². The number of hydrogen-bond donors (Lipinski definition) is 1. The van der Waals surface area contributed by atoms with Crippen molar-refractivity contribution in [3.05, 3.63) is 33.9 Å². The molecule has 2 heterocycles. The van der Waals surface area contributed by atoms with E-state index in [1.54, 1.807) is 0 Å². The molecule has 90 valence electrons. The van der Waals surface area contributed by atoms with Crippen molar-refractivity contribution in [2.75, 3.05) is 0 Å². The van der Waals surface area contributed by atoms with E-state index in [0.717, 1.165) is 11.0 Å². The van der Waals surface area contributed by atoms with Gasteiger partial charge in [0.1, 0.15) is 0 Å². The third kappa shape index (κ3) is 1.72. The van der Waals surface area contributed by atoms with E-state index >= 15 is 0 Å². The first-order chi connectivity index (χ1) is 7.97. The molecule has 0 amide bonds. The van der Waals surface area contributed by atoms with Crippen molar-refractivity contribution in [2.24, 2.45) is 5.73 Å². The van der Waals surface area contributed by atoms with Crippen LogP contribution < -0.4 is 5.73 Å². The van der Waals surface area contributed by atoms with Crippen molar-refractivity contribution in [1.29, 1.82) is 0 Å². The van der Waals surface area contributed by atoms with Gasteiger partial charge >= 0.3 is 0 Å². The number of aryl methyl sites for hydroxylation is 2. The van der Waals surface area contributed by atoms with Crippen LogP contribution in [-0.2, 0) is 18.5 Å². The number of nitrogens with two attached hydrogens (primary N) is 1. The summed E-state index contributed by atoms with van der Waals surface area (Å²) in [6.45, 7) is 5.26. The molecule has 17 heavy (non-hydrogen) atoms. The lowest BCUT2D eigenvalue weighted by Gasteiger charge is -2.18. The van der Waals surface area contributed by atoms with E-state index in [1.165, 1.54) is 34.9 Å². The highest BCUT2D eigenvalue weighted by Crippen LogP contribution is 2.35. The summed E-state index contributed by atoms with van der Waals surface area (Å²) in [6.07, 6.45) is 4.63. The van der Waals surface area contributed by atoms with Crippen LogP contribution in [-0.4, -0.2) is 4.57 Å². The summed E-state index contributed by atoms with van der Waals surface area (Å²) < 4.78 is 3.52. The Labute approximate surface area is 110 Å². The van der Waals surface area contributed by atoms with Gasteiger partial charge < -0.3 is 10.3 Å². The van der Waals surface area contributed by atoms with Gasteiger partial charge in [-0.1, -0.05) is 15.9 Å². The first kappa shape index (κ1) is 11.3. The first-order valence-corrected chi connectivity index (χ1v) is 6.87. The summed E-state index contributed by atoms with van der Waals surface area (Å²) >= 11 is 3.61. The van der Waals surface area contributed by atoms with Gasteiger partial charge in [0.2, 0.25) is 0 Å². The summed E-state index contributed by atoms with van der Waals surface area (Å²) in [5.74, 6) is 0. The number of nitrogens with zero attached hydrogens (tertiary/aromatic N) is 1. The zero-order valence-corrected chi connectivity index (χ0v) is 11.8. The lowest BCUT2D eigenvalue weighted by molar-refractivity contribution is 0.552. The van der Waals surface area contributed by atoms with Crippen molar-refractivity contribution >= 4 is 26.8 Å². The van der Waals surface area contributed by atoms with Gasteiger partial charge in [0.05, 0.1) is 5.52 Å². The molecular weight excluding hydrogens is 276 g/mol. The van der Waals surface area contributed by atoms with E-state index < -0.39 is 0 Å². The molecule has 2 aromatic rings. The molecule has 0 saturated heterocycles. The van der Waals surface area contributed by atoms with Crippen LogP contribution in [0.3, 0.4) is 0 Å². The maximum atomic E-state index is 6.28. The second kappa shape index (κ2) is 3.59. The van der Waals surface area contributed by atoms with E-state index in [0.29, 0.717) is 0 Å². The lowest BCUT2D eigenvalue weighted by Crippen LogP contribution is -2.28. The molecule has 0 aliphatic carbocycles. The van der Waals surface area contributed by atoms with Crippen LogP contribution in [0.4, 0.5) is 0 Å². The van der Waals surface area contributed by atoms with Crippen LogP contribution in [0.25, 0.3) is 10.9 Å². The van der Waals surface area contributed by atoms with Crippen LogP contribution in [0.5, 0.6) is 0 Å². The number of hydrogen-bond acceptors (Lipinski definition) is 1. The molecule has 1 aromatic heterocycles. The maximum Gasteiger partial charge on any atom is 0.0517 e. The van der Waals surface area contributed by atoms with Gasteiger partial charge in [-0.05, 0) is 49.9 Å². The van der Waals surface area contributed by atoms with Gasteiger partial charge in [-0.25, -0.2) is 0 Å². The standard InChI is InChI=1S/C14H17BrN2/c1-14(2,16)12-8-17-5-3-4-9-6-10(15)7-11(12)13(9)17/h6-8H,3-5,16H2,1-2H3. The monoisotopic (exact) mass is 292 g/mol. The van der Waals surface area contributed by atoms with Crippen LogP contribution in [0.1, 0.15) is 31.4 Å². The van der Waals surface area contributed by atoms with Gasteiger partial charge in [-0.2, -0.15) is 0 Å². The Hall–Kier alpha value is -0.800. The molecule has 0 fully saturated rings. The molecule has 1 aliphatic rings. The minimum absolute atomic E-state index is 0.286. The molecule has 3 rings (SSSR count). The van der Waals surface area contributed by atoms with Gasteiger partial charge in [0, 0.05) is 28.1 Å². The van der Waals surface area contributed by atoms with Gasteiger partial charge in [-0.15, -0.1) is 0 Å². The van der Waals surface area contributed by atoms with E-state index in [4.69, 9.17) is 5.73 Å². The van der Waals surface area contributed by atoms with E-state index in [-0.39, 0.29) is 5.54 Å². The summed E-state index contributed by atoms with van der Waals surface area (Å²) in [5, 5.41) is 1.31. The SMILES string of the molecule is CC(C)(N)c1cn2c3c(cc(Br)cc13)CCC2. The highest BCUT2D eigenvalue weighted by molar-refractivity contribution is 9.10. The molecule has 0 radical (unpaired) electrons. The summed E-state index contributed by atoms with van der Waals surface area (Å²) in [5.41, 5.74) is 10.1. The van der Waals surface area contributed by atoms with Gasteiger partial charge in [0.15, 0.2) is 0 Å². The van der Waals surface area contributed by atoms with Crippen LogP contribution >= 0.6 is 15.9 Å². The van der Waals surface area contributed by atoms with Gasteiger partial charge in [0.25, 0.3) is 0 Å². The molecule has 0 spiro atoms. The average molecular weight is 293 g/mol. The molecular formula is C14H17BrN2.